The molecule has 2 atom stereocenters. The molecule has 30 heavy (non-hydrogen) atoms. The van der Waals surface area contributed by atoms with Gasteiger partial charge in [0.1, 0.15) is 0 Å². The summed E-state index contributed by atoms with van der Waals surface area (Å²) >= 11 is 0. The van der Waals surface area contributed by atoms with Crippen molar-refractivity contribution in [1.82, 2.24) is 0 Å². The third-order valence-corrected chi connectivity index (χ3v) is 6.50. The summed E-state index contributed by atoms with van der Waals surface area (Å²) in [6, 6.07) is 18.1. The Morgan fingerprint density at radius 1 is 0.833 bits per heavy atom. The first kappa shape index (κ1) is 21.2. The topological polar surface area (TPSA) is 24.9 Å². The lowest BCUT2D eigenvalue weighted by molar-refractivity contribution is 0.0316. The highest BCUT2D eigenvalue weighted by Crippen LogP contribution is 2.29. The first-order chi connectivity index (χ1) is 14.6. The number of ether oxygens (including phenoxy) is 2. The second-order valence-electron chi connectivity index (χ2n) is 9.02. The van der Waals surface area contributed by atoms with E-state index < -0.39 is 0 Å². The Morgan fingerprint density at radius 3 is 2.30 bits per heavy atom. The van der Waals surface area contributed by atoms with Crippen LogP contribution in [-0.2, 0) is 9.47 Å². The maximum Gasteiger partial charge on any atom is 0.0756 e. The van der Waals surface area contributed by atoms with Crippen LogP contribution in [-0.4, -0.2) is 52.1 Å². The summed E-state index contributed by atoms with van der Waals surface area (Å²) in [7, 11) is 0. The van der Waals surface area contributed by atoms with Crippen molar-refractivity contribution < 1.29 is 9.47 Å². The zero-order chi connectivity index (χ0) is 20.9. The van der Waals surface area contributed by atoms with Crippen molar-refractivity contribution in [3.63, 3.8) is 0 Å². The third kappa shape index (κ3) is 5.16. The molecule has 4 nitrogen and oxygen atoms in total. The van der Waals surface area contributed by atoms with E-state index in [1.165, 1.54) is 22.5 Å². The number of hydrogen-bond donors (Lipinski definition) is 0. The van der Waals surface area contributed by atoms with E-state index in [4.69, 9.17) is 9.47 Å². The fourth-order valence-electron chi connectivity index (χ4n) is 4.55. The van der Waals surface area contributed by atoms with Crippen molar-refractivity contribution in [3.8, 4) is 0 Å². The zero-order valence-corrected chi connectivity index (χ0v) is 18.7. The largest absolute Gasteiger partial charge is 0.378 e. The minimum Gasteiger partial charge on any atom is -0.378 e. The summed E-state index contributed by atoms with van der Waals surface area (Å²) in [5.41, 5.74) is 5.44. The number of rotatable bonds is 6. The van der Waals surface area contributed by atoms with Gasteiger partial charge in [0.05, 0.1) is 25.9 Å². The van der Waals surface area contributed by atoms with E-state index in [0.717, 1.165) is 52.4 Å². The molecule has 162 valence electrons. The van der Waals surface area contributed by atoms with Gasteiger partial charge in [-0.15, -0.1) is 0 Å². The van der Waals surface area contributed by atoms with Crippen molar-refractivity contribution in [2.75, 3.05) is 55.8 Å². The third-order valence-electron chi connectivity index (χ3n) is 6.50. The van der Waals surface area contributed by atoms with Gasteiger partial charge in [0.2, 0.25) is 0 Å². The molecule has 2 aromatic carbocycles. The molecule has 2 heterocycles. The van der Waals surface area contributed by atoms with Gasteiger partial charge in [-0.3, -0.25) is 0 Å². The highest BCUT2D eigenvalue weighted by molar-refractivity contribution is 5.50. The zero-order valence-electron chi connectivity index (χ0n) is 18.7. The summed E-state index contributed by atoms with van der Waals surface area (Å²) in [6.07, 6.45) is 1.32. The SMILES string of the molecule is CC(C)c1ccc(N2CCOC(CC(C)c3cccc(N4CCOCC4)c3)C2)cc1. The minimum absolute atomic E-state index is 0.269. The molecule has 2 aliphatic rings. The highest BCUT2D eigenvalue weighted by atomic mass is 16.5. The molecule has 2 unspecified atom stereocenters. The van der Waals surface area contributed by atoms with Gasteiger partial charge in [-0.1, -0.05) is 45.0 Å². The molecule has 0 radical (unpaired) electrons. The monoisotopic (exact) mass is 408 g/mol. The van der Waals surface area contributed by atoms with E-state index in [2.05, 4.69) is 79.1 Å². The quantitative estimate of drug-likeness (QED) is 0.668. The van der Waals surface area contributed by atoms with Gasteiger partial charge in [-0.25, -0.2) is 0 Å². The lowest BCUT2D eigenvalue weighted by Crippen LogP contribution is -2.43. The molecule has 2 fully saturated rings. The van der Waals surface area contributed by atoms with Crippen molar-refractivity contribution in [1.29, 1.82) is 0 Å². The second-order valence-corrected chi connectivity index (χ2v) is 9.02. The van der Waals surface area contributed by atoms with E-state index in [9.17, 15) is 0 Å². The molecule has 0 amide bonds. The van der Waals surface area contributed by atoms with Gasteiger partial charge in [0.25, 0.3) is 0 Å². The maximum absolute atomic E-state index is 6.16. The number of benzene rings is 2. The van der Waals surface area contributed by atoms with Gasteiger partial charge in [-0.05, 0) is 53.6 Å². The normalized spacial score (nSPS) is 21.1. The van der Waals surface area contributed by atoms with E-state index >= 15 is 0 Å². The van der Waals surface area contributed by atoms with Crippen LogP contribution in [0.2, 0.25) is 0 Å². The van der Waals surface area contributed by atoms with Crippen LogP contribution >= 0.6 is 0 Å². The van der Waals surface area contributed by atoms with Gasteiger partial charge < -0.3 is 19.3 Å². The van der Waals surface area contributed by atoms with E-state index in [0.29, 0.717) is 11.8 Å². The summed E-state index contributed by atoms with van der Waals surface area (Å²) < 4.78 is 11.7. The molecule has 0 bridgehead atoms. The molecule has 2 aromatic rings. The average Bonchev–Trinajstić information content (AvgIpc) is 2.80. The van der Waals surface area contributed by atoms with Crippen LogP contribution in [0.15, 0.2) is 48.5 Å². The van der Waals surface area contributed by atoms with Crippen molar-refractivity contribution in [2.24, 2.45) is 0 Å². The van der Waals surface area contributed by atoms with Crippen molar-refractivity contribution >= 4 is 11.4 Å². The van der Waals surface area contributed by atoms with Crippen LogP contribution in [0.1, 0.15) is 50.2 Å². The maximum atomic E-state index is 6.16. The smallest absolute Gasteiger partial charge is 0.0756 e. The molecule has 0 aliphatic carbocycles. The average molecular weight is 409 g/mol. The van der Waals surface area contributed by atoms with Crippen LogP contribution in [0.4, 0.5) is 11.4 Å². The molecule has 0 spiro atoms. The Hall–Kier alpha value is -2.04. The lowest BCUT2D eigenvalue weighted by atomic mass is 9.93. The lowest BCUT2D eigenvalue weighted by Gasteiger charge is -2.36. The second kappa shape index (κ2) is 9.84. The summed E-state index contributed by atoms with van der Waals surface area (Å²) in [5.74, 6) is 1.05. The number of hydrogen-bond acceptors (Lipinski definition) is 4. The van der Waals surface area contributed by atoms with Gasteiger partial charge >= 0.3 is 0 Å². The van der Waals surface area contributed by atoms with Crippen LogP contribution in [0, 0.1) is 0 Å². The Balaban J connectivity index is 1.37. The fraction of sp³-hybridized carbons (Fsp3) is 0.538. The van der Waals surface area contributed by atoms with E-state index in [1.54, 1.807) is 0 Å². The predicted molar refractivity (Wildman–Crippen MR) is 125 cm³/mol. The molecule has 2 aliphatic heterocycles. The van der Waals surface area contributed by atoms with Crippen LogP contribution < -0.4 is 9.80 Å². The standard InChI is InChI=1S/C26H36N2O2/c1-20(2)22-7-9-24(10-8-22)28-13-16-30-26(19-28)17-21(3)23-5-4-6-25(18-23)27-11-14-29-15-12-27/h4-10,18,20-21,26H,11-17,19H2,1-3H3. The number of anilines is 2. The molecule has 2 saturated heterocycles. The summed E-state index contributed by atoms with van der Waals surface area (Å²) in [5, 5.41) is 0. The number of morpholine rings is 2. The molecule has 0 aromatic heterocycles. The van der Waals surface area contributed by atoms with Crippen molar-refractivity contribution in [3.05, 3.63) is 59.7 Å². The number of nitrogens with zero attached hydrogens (tertiary/aromatic N) is 2. The summed E-state index contributed by atoms with van der Waals surface area (Å²) in [4.78, 5) is 4.91. The van der Waals surface area contributed by atoms with Crippen LogP contribution in [0.3, 0.4) is 0 Å². The Morgan fingerprint density at radius 2 is 1.57 bits per heavy atom. The molecular formula is C26H36N2O2. The molecular weight excluding hydrogens is 372 g/mol. The van der Waals surface area contributed by atoms with Gasteiger partial charge in [0.15, 0.2) is 0 Å². The van der Waals surface area contributed by atoms with Crippen LogP contribution in [0.25, 0.3) is 0 Å². The van der Waals surface area contributed by atoms with E-state index in [-0.39, 0.29) is 6.10 Å². The Bertz CT molecular complexity index is 799. The fourth-order valence-corrected chi connectivity index (χ4v) is 4.55. The first-order valence-electron chi connectivity index (χ1n) is 11.5. The first-order valence-corrected chi connectivity index (χ1v) is 11.5. The summed E-state index contributed by atoms with van der Waals surface area (Å²) in [6.45, 7) is 13.2. The Labute approximate surface area is 181 Å². The predicted octanol–water partition coefficient (Wildman–Crippen LogP) is 5.05. The van der Waals surface area contributed by atoms with Crippen LogP contribution in [0.5, 0.6) is 0 Å². The molecule has 4 rings (SSSR count). The molecule has 0 saturated carbocycles. The Kier molecular flexibility index (Phi) is 6.96. The van der Waals surface area contributed by atoms with Gasteiger partial charge in [0, 0.05) is 37.6 Å². The van der Waals surface area contributed by atoms with Gasteiger partial charge in [-0.2, -0.15) is 0 Å². The van der Waals surface area contributed by atoms with Crippen molar-refractivity contribution in [2.45, 2.75) is 45.1 Å². The van der Waals surface area contributed by atoms with E-state index in [1.807, 2.05) is 0 Å². The minimum atomic E-state index is 0.269. The highest BCUT2D eigenvalue weighted by Gasteiger charge is 2.23. The molecule has 4 heteroatoms. The molecule has 0 N–H and O–H groups in total.